The lowest BCUT2D eigenvalue weighted by Gasteiger charge is -2.37. The molecule has 289 valence electrons. The molecule has 0 aromatic carbocycles. The molecule has 2 fully saturated rings. The fraction of sp³-hybridized carbons (Fsp3) is 0.545. The van der Waals surface area contributed by atoms with Crippen molar-refractivity contribution in [3.63, 3.8) is 0 Å². The van der Waals surface area contributed by atoms with E-state index in [0.29, 0.717) is 0 Å². The van der Waals surface area contributed by atoms with Gasteiger partial charge in [0.25, 0.3) is 38.7 Å². The number of rotatable bonds is 12. The zero-order chi connectivity index (χ0) is 38.9. The van der Waals surface area contributed by atoms with Gasteiger partial charge in [-0.25, -0.2) is 9.13 Å². The molecule has 4 aromatic heterocycles. The molecule has 4 aromatic rings. The van der Waals surface area contributed by atoms with Gasteiger partial charge in [-0.15, -0.1) is 0 Å². The van der Waals surface area contributed by atoms with E-state index in [9.17, 15) is 53.5 Å². The van der Waals surface area contributed by atoms with Crippen LogP contribution in [-0.2, 0) is 54.9 Å². The highest BCUT2D eigenvalue weighted by Crippen LogP contribution is 2.65. The summed E-state index contributed by atoms with van der Waals surface area (Å²) in [5, 5.41) is 42.3. The fourth-order valence-electron chi connectivity index (χ4n) is 5.77. The number of nitrogens with one attached hydrogen (secondary N) is 2. The molecule has 3 radical (unpaired) electrons. The molecule has 0 amide bonds. The summed E-state index contributed by atoms with van der Waals surface area (Å²) in [7, 11) is -9.21. The second-order valence-corrected chi connectivity index (χ2v) is 16.5. The molecule has 2 unspecified atom stereocenters. The van der Waals surface area contributed by atoms with Gasteiger partial charge in [0.1, 0.15) is 36.6 Å². The quantitative estimate of drug-likeness (QED) is 0.0375. The number of phosphoric acid groups is 2. The van der Waals surface area contributed by atoms with Crippen molar-refractivity contribution >= 4 is 64.9 Å². The molecule has 10 atom stereocenters. The third kappa shape index (κ3) is 7.75. The summed E-state index contributed by atoms with van der Waals surface area (Å²) in [5.41, 5.74) is 9.84. The van der Waals surface area contributed by atoms with Crippen LogP contribution >= 0.6 is 23.1 Å². The van der Waals surface area contributed by atoms with E-state index in [1.165, 1.54) is 35.9 Å². The van der Waals surface area contributed by atoms with Crippen LogP contribution in [0.3, 0.4) is 0 Å². The van der Waals surface area contributed by atoms with Gasteiger partial charge in [0.15, 0.2) is 12.7 Å². The maximum absolute atomic E-state index is 12.6. The molecular formula is C22H30BN10O17P3-. The van der Waals surface area contributed by atoms with Crippen LogP contribution in [0.5, 0.6) is 0 Å². The van der Waals surface area contributed by atoms with Crippen molar-refractivity contribution in [1.82, 2.24) is 29.1 Å². The summed E-state index contributed by atoms with van der Waals surface area (Å²) in [6, 6.07) is 0. The topological polar surface area (TPSA) is 395 Å². The molecule has 10 N–H and O–H groups in total. The summed E-state index contributed by atoms with van der Waals surface area (Å²) in [6.45, 7) is -2.21. The zero-order valence-corrected chi connectivity index (χ0v) is 29.7. The van der Waals surface area contributed by atoms with Crippen molar-refractivity contribution in [1.29, 1.82) is 0 Å². The predicted molar refractivity (Wildman–Crippen MR) is 166 cm³/mol. The highest BCUT2D eigenvalue weighted by molar-refractivity contribution is 7.86. The Balaban J connectivity index is 1.05. The second kappa shape index (κ2) is 14.0. The van der Waals surface area contributed by atoms with E-state index in [1.54, 1.807) is 0 Å². The lowest BCUT2D eigenvalue weighted by Crippen LogP contribution is -2.46. The number of aromatic amines is 2. The number of nitrogens with two attached hydrogens (primary N) is 2. The molecule has 2 saturated heterocycles. The number of nitrogens with zero attached hydrogens (tertiary/aromatic N) is 6. The smallest absolute Gasteiger partial charge is 0.313 e. The monoisotopic (exact) mass is 810 g/mol. The van der Waals surface area contributed by atoms with E-state index in [2.05, 4.69) is 37.6 Å². The van der Waals surface area contributed by atoms with Gasteiger partial charge in [-0.3, -0.25) is 46.4 Å². The molecule has 2 aliphatic heterocycles. The molecule has 53 heavy (non-hydrogen) atoms. The van der Waals surface area contributed by atoms with Gasteiger partial charge >= 0.3 is 11.3 Å². The molecule has 0 spiro atoms. The Hall–Kier alpha value is -3.43. The van der Waals surface area contributed by atoms with Crippen molar-refractivity contribution in [2.24, 2.45) is 14.1 Å². The van der Waals surface area contributed by atoms with E-state index in [1.807, 2.05) is 0 Å². The number of aryl methyl sites for hydroxylation is 2. The minimum absolute atomic E-state index is 0.0102. The molecule has 6 rings (SSSR count). The van der Waals surface area contributed by atoms with Crippen molar-refractivity contribution in [3.05, 3.63) is 33.4 Å². The summed E-state index contributed by atoms with van der Waals surface area (Å²) < 4.78 is 70.9. The number of aliphatic hydroxyl groups is 4. The zero-order valence-electron chi connectivity index (χ0n) is 27.0. The number of phosphoric ester groups is 2. The van der Waals surface area contributed by atoms with Gasteiger partial charge in [-0.1, -0.05) is 9.97 Å². The van der Waals surface area contributed by atoms with Crippen LogP contribution in [0.1, 0.15) is 12.5 Å². The van der Waals surface area contributed by atoms with Crippen LogP contribution in [0.4, 0.5) is 11.9 Å². The summed E-state index contributed by atoms with van der Waals surface area (Å²) in [4.78, 5) is 62.1. The Morgan fingerprint density at radius 2 is 1.15 bits per heavy atom. The van der Waals surface area contributed by atoms with Gasteiger partial charge in [0.05, 0.1) is 34.8 Å². The normalized spacial score (nSPS) is 29.8. The SMILES string of the molecule is [B-]P(=O)(OP(=O)([O-])OC[C@H]1O[C@@H]([n+]2cn(C)c3c(=O)[nH]c(N)nc32)[C@H](O)[C@@H]1O)OP(=O)([O-])OC[C@H]1O[C@@H]([n+]2cn(C)c3c(=O)[nH]c(N)nc32)[C@H](O)[C@@H]1O. The first kappa shape index (κ1) is 39.3. The number of fused-ring (bicyclic) bond motifs is 2. The second-order valence-electron chi connectivity index (χ2n) is 11.8. The maximum Gasteiger partial charge on any atom is 0.313 e. The molecule has 27 nitrogen and oxygen atoms in total. The first-order valence-corrected chi connectivity index (χ1v) is 19.4. The highest BCUT2D eigenvalue weighted by atomic mass is 31.3. The number of ether oxygens (including phenoxy) is 2. The minimum Gasteiger partial charge on any atom is -0.756 e. The van der Waals surface area contributed by atoms with E-state index in [-0.39, 0.29) is 34.2 Å². The van der Waals surface area contributed by atoms with Crippen molar-refractivity contribution < 1.29 is 80.2 Å². The number of H-pyrrole nitrogens is 2. The predicted octanol–water partition coefficient (Wildman–Crippen LogP) is -6.21. The van der Waals surface area contributed by atoms with Crippen LogP contribution < -0.4 is 41.5 Å². The molecule has 0 bridgehead atoms. The van der Waals surface area contributed by atoms with Gasteiger partial charge < -0.3 is 72.3 Å². The van der Waals surface area contributed by atoms with E-state index in [0.717, 1.165) is 9.13 Å². The Kier molecular flexibility index (Phi) is 10.4. The summed E-state index contributed by atoms with van der Waals surface area (Å²) in [5.74, 6) is -0.559. The first-order chi connectivity index (χ1) is 24.6. The first-order valence-electron chi connectivity index (χ1n) is 14.9. The molecular weight excluding hydrogens is 780 g/mol. The van der Waals surface area contributed by atoms with E-state index < -0.39 is 96.5 Å². The largest absolute Gasteiger partial charge is 0.756 e. The van der Waals surface area contributed by atoms with Crippen LogP contribution in [0.15, 0.2) is 22.2 Å². The third-order valence-corrected chi connectivity index (χ3v) is 12.4. The molecule has 0 saturated carbocycles. The van der Waals surface area contributed by atoms with Crippen molar-refractivity contribution in [2.45, 2.75) is 49.1 Å². The number of hydrogen-bond acceptors (Lipinski definition) is 21. The third-order valence-electron chi connectivity index (χ3n) is 8.02. The lowest BCUT2D eigenvalue weighted by atomic mass is 10.1. The van der Waals surface area contributed by atoms with Gasteiger partial charge in [-0.05, 0) is 0 Å². The standard InChI is InChI=1S/C22H30BN10O17P3/c1-30-5-32(15-9(30)17(38)28-21(24)26-15)19-13(36)11(34)7(47-19)3-45-52(41,42)49-51(23,40)50-53(43,44)46-4-8-12(35)14(37)20(48-8)33-6-31(2)10-16(33)27-22(25)29-18(10)39/h5-8,11-14,19-20,34-37H,3-4H2,1-2H3,(H6-2,24,25,26,27,28,29,38,39,41,42,43,44)/q-1/t7-,8-,11-,12-,13-,14-,19-,20-/m1/s1. The van der Waals surface area contributed by atoms with Crippen LogP contribution in [-0.4, -0.2) is 107 Å². The number of anilines is 2. The van der Waals surface area contributed by atoms with Crippen LogP contribution in [0.25, 0.3) is 22.3 Å². The summed E-state index contributed by atoms with van der Waals surface area (Å²) in [6.07, 6.45) is -10.7. The molecule has 6 heterocycles. The molecule has 0 aliphatic carbocycles. The van der Waals surface area contributed by atoms with Crippen molar-refractivity contribution in [2.75, 3.05) is 24.7 Å². The fourth-order valence-corrected chi connectivity index (χ4v) is 9.43. The number of hydrogen-bond donors (Lipinski definition) is 8. The Morgan fingerprint density at radius 3 is 1.51 bits per heavy atom. The lowest BCUT2D eigenvalue weighted by molar-refractivity contribution is -0.746. The maximum atomic E-state index is 12.6. The highest BCUT2D eigenvalue weighted by Gasteiger charge is 2.49. The number of aromatic nitrogens is 8. The number of nitrogen functional groups attached to an aromatic ring is 2. The Bertz CT molecular complexity index is 2180. The van der Waals surface area contributed by atoms with Crippen LogP contribution in [0, 0.1) is 0 Å². The van der Waals surface area contributed by atoms with E-state index in [4.69, 9.17) is 28.5 Å². The number of aliphatic hydroxyl groups excluding tert-OH is 4. The van der Waals surface area contributed by atoms with Gasteiger partial charge in [0, 0.05) is 0 Å². The van der Waals surface area contributed by atoms with Gasteiger partial charge in [0.2, 0.25) is 23.5 Å². The van der Waals surface area contributed by atoms with Crippen LogP contribution in [0.2, 0.25) is 0 Å². The number of imidazole rings is 2. The molecule has 31 heteroatoms. The average molecular weight is 810 g/mol. The van der Waals surface area contributed by atoms with E-state index >= 15 is 0 Å². The van der Waals surface area contributed by atoms with Crippen molar-refractivity contribution in [3.8, 4) is 0 Å². The average Bonchev–Trinajstić information content (AvgIpc) is 3.71. The summed E-state index contributed by atoms with van der Waals surface area (Å²) >= 11 is 0. The Morgan fingerprint density at radius 1 is 0.792 bits per heavy atom. The molecule has 2 aliphatic rings. The Labute approximate surface area is 295 Å². The van der Waals surface area contributed by atoms with Gasteiger partial charge in [-0.2, -0.15) is 0 Å². The minimum atomic E-state index is -5.84.